The van der Waals surface area contributed by atoms with Gasteiger partial charge in [-0.05, 0) is 24.5 Å². The number of hydrogen-bond donors (Lipinski definition) is 2. The Labute approximate surface area is 118 Å². The number of halogens is 2. The first-order valence-electron chi connectivity index (χ1n) is 6.90. The first-order valence-corrected chi connectivity index (χ1v) is 6.90. The van der Waals surface area contributed by atoms with Crippen molar-refractivity contribution >= 4 is 11.6 Å². The molecule has 0 atom stereocenters. The summed E-state index contributed by atoms with van der Waals surface area (Å²) in [6.45, 7) is 4.81. The number of hydrogen-bond acceptors (Lipinski definition) is 2. The molecule has 3 nitrogen and oxygen atoms in total. The number of carbonyl (C=O) groups excluding carboxylic acids is 1. The number of anilines is 1. The van der Waals surface area contributed by atoms with E-state index >= 15 is 0 Å². The second-order valence-corrected chi connectivity index (χ2v) is 5.21. The zero-order chi connectivity index (χ0) is 15.1. The smallest absolute Gasteiger partial charge is 0.251 e. The quantitative estimate of drug-likeness (QED) is 0.752. The molecule has 1 aromatic carbocycles. The third-order valence-corrected chi connectivity index (χ3v) is 3.05. The van der Waals surface area contributed by atoms with Gasteiger partial charge in [0.15, 0.2) is 0 Å². The lowest BCUT2D eigenvalue weighted by Gasteiger charge is -2.09. The van der Waals surface area contributed by atoms with Gasteiger partial charge in [-0.2, -0.15) is 0 Å². The predicted octanol–water partition coefficient (Wildman–Crippen LogP) is 3.56. The maximum absolute atomic E-state index is 13.5. The number of nitrogens with one attached hydrogen (secondary N) is 2. The molecule has 0 saturated heterocycles. The van der Waals surface area contributed by atoms with Gasteiger partial charge in [0.05, 0.1) is 0 Å². The Kier molecular flexibility index (Phi) is 6.42. The molecular weight excluding hydrogens is 262 g/mol. The molecule has 1 aromatic rings. The van der Waals surface area contributed by atoms with Crippen LogP contribution in [0.1, 0.15) is 43.5 Å². The van der Waals surface area contributed by atoms with Crippen LogP contribution in [0.25, 0.3) is 0 Å². The fourth-order valence-electron chi connectivity index (χ4n) is 1.92. The van der Waals surface area contributed by atoms with E-state index in [1.54, 1.807) is 0 Å². The summed E-state index contributed by atoms with van der Waals surface area (Å²) in [6.07, 6.45) is 3.00. The molecule has 5 heteroatoms. The van der Waals surface area contributed by atoms with Crippen LogP contribution in [0.2, 0.25) is 0 Å². The van der Waals surface area contributed by atoms with E-state index in [1.807, 2.05) is 0 Å². The molecule has 0 aliphatic heterocycles. The van der Waals surface area contributed by atoms with Gasteiger partial charge in [-0.25, -0.2) is 8.78 Å². The van der Waals surface area contributed by atoms with Gasteiger partial charge in [0.2, 0.25) is 0 Å². The Bertz CT molecular complexity index is 438. The lowest BCUT2D eigenvalue weighted by molar-refractivity contribution is 0.0952. The summed E-state index contributed by atoms with van der Waals surface area (Å²) in [4.78, 5) is 11.8. The fourth-order valence-corrected chi connectivity index (χ4v) is 1.92. The van der Waals surface area contributed by atoms with Gasteiger partial charge in [-0.3, -0.25) is 4.79 Å². The van der Waals surface area contributed by atoms with E-state index < -0.39 is 17.5 Å². The van der Waals surface area contributed by atoms with E-state index in [4.69, 9.17) is 0 Å². The summed E-state index contributed by atoms with van der Waals surface area (Å²) >= 11 is 0. The average Bonchev–Trinajstić information content (AvgIpc) is 2.37. The third-order valence-electron chi connectivity index (χ3n) is 3.05. The zero-order valence-corrected chi connectivity index (χ0v) is 12.2. The second kappa shape index (κ2) is 7.82. The lowest BCUT2D eigenvalue weighted by atomic mass is 10.1. The van der Waals surface area contributed by atoms with Crippen molar-refractivity contribution in [2.24, 2.45) is 5.92 Å². The summed E-state index contributed by atoms with van der Waals surface area (Å²) < 4.78 is 27.0. The average molecular weight is 284 g/mol. The van der Waals surface area contributed by atoms with E-state index in [2.05, 4.69) is 24.5 Å². The Hall–Kier alpha value is -1.65. The van der Waals surface area contributed by atoms with Crippen LogP contribution < -0.4 is 10.6 Å². The molecule has 0 saturated carbocycles. The molecule has 1 rings (SSSR count). The van der Waals surface area contributed by atoms with E-state index in [0.717, 1.165) is 31.4 Å². The molecule has 0 aliphatic rings. The van der Waals surface area contributed by atoms with Crippen LogP contribution >= 0.6 is 0 Å². The maximum Gasteiger partial charge on any atom is 0.251 e. The minimum Gasteiger partial charge on any atom is -0.383 e. The summed E-state index contributed by atoms with van der Waals surface area (Å²) in [6, 6.07) is 2.08. The summed E-state index contributed by atoms with van der Waals surface area (Å²) in [5, 5.41) is 5.09. The van der Waals surface area contributed by atoms with Crippen molar-refractivity contribution < 1.29 is 13.6 Å². The van der Waals surface area contributed by atoms with Crippen LogP contribution in [0.5, 0.6) is 0 Å². The molecule has 1 amide bonds. The van der Waals surface area contributed by atoms with E-state index in [-0.39, 0.29) is 11.3 Å². The highest BCUT2D eigenvalue weighted by molar-refractivity contribution is 5.94. The molecule has 0 radical (unpaired) electrons. The Morgan fingerprint density at radius 3 is 2.30 bits per heavy atom. The molecule has 0 fully saturated rings. The zero-order valence-electron chi connectivity index (χ0n) is 12.2. The Morgan fingerprint density at radius 2 is 1.80 bits per heavy atom. The molecule has 0 heterocycles. The van der Waals surface area contributed by atoms with Crippen molar-refractivity contribution in [2.45, 2.75) is 33.1 Å². The number of unbranched alkanes of at least 4 members (excludes halogenated alkanes) is 1. The topological polar surface area (TPSA) is 41.1 Å². The van der Waals surface area contributed by atoms with Gasteiger partial charge in [-0.15, -0.1) is 0 Å². The van der Waals surface area contributed by atoms with E-state index in [0.29, 0.717) is 12.5 Å². The molecule has 0 aromatic heterocycles. The summed E-state index contributed by atoms with van der Waals surface area (Å²) in [7, 11) is 1.43. The van der Waals surface area contributed by atoms with Gasteiger partial charge < -0.3 is 10.6 Å². The molecule has 0 aliphatic carbocycles. The lowest BCUT2D eigenvalue weighted by Crippen LogP contribution is -2.24. The number of amides is 1. The van der Waals surface area contributed by atoms with Crippen LogP contribution in [0.15, 0.2) is 12.1 Å². The first kappa shape index (κ1) is 16.4. The first-order chi connectivity index (χ1) is 9.45. The van der Waals surface area contributed by atoms with Crippen LogP contribution in [0.4, 0.5) is 14.5 Å². The van der Waals surface area contributed by atoms with Gasteiger partial charge in [0.1, 0.15) is 17.3 Å². The number of rotatable bonds is 7. The van der Waals surface area contributed by atoms with E-state index in [1.165, 1.54) is 7.05 Å². The normalized spacial score (nSPS) is 10.7. The summed E-state index contributed by atoms with van der Waals surface area (Å²) in [5.74, 6) is -1.34. The van der Waals surface area contributed by atoms with Crippen molar-refractivity contribution in [3.8, 4) is 0 Å². The Morgan fingerprint density at radius 1 is 1.20 bits per heavy atom. The standard InChI is InChI=1S/C15H22F2N2O/c1-10(2)6-4-5-7-19-15(20)11-8-12(16)14(18-3)13(17)9-11/h8-10,18H,4-7H2,1-3H3,(H,19,20). The van der Waals surface area contributed by atoms with Crippen molar-refractivity contribution in [1.82, 2.24) is 5.32 Å². The van der Waals surface area contributed by atoms with Gasteiger partial charge in [0.25, 0.3) is 5.91 Å². The number of carbonyl (C=O) groups is 1. The third kappa shape index (κ3) is 4.79. The molecule has 0 unspecified atom stereocenters. The van der Waals surface area contributed by atoms with Gasteiger partial charge >= 0.3 is 0 Å². The van der Waals surface area contributed by atoms with E-state index in [9.17, 15) is 13.6 Å². The van der Waals surface area contributed by atoms with Gasteiger partial charge in [0, 0.05) is 19.2 Å². The predicted molar refractivity (Wildman–Crippen MR) is 76.9 cm³/mol. The fraction of sp³-hybridized carbons (Fsp3) is 0.533. The number of benzene rings is 1. The van der Waals surface area contributed by atoms with Crippen molar-refractivity contribution in [3.63, 3.8) is 0 Å². The molecule has 0 spiro atoms. The van der Waals surface area contributed by atoms with Crippen LogP contribution in [0, 0.1) is 17.6 Å². The largest absolute Gasteiger partial charge is 0.383 e. The van der Waals surface area contributed by atoms with Gasteiger partial charge in [-0.1, -0.05) is 26.7 Å². The molecular formula is C15H22F2N2O. The minimum absolute atomic E-state index is 0.00265. The maximum atomic E-state index is 13.5. The SMILES string of the molecule is CNc1c(F)cc(C(=O)NCCCCC(C)C)cc1F. The van der Waals surface area contributed by atoms with Crippen molar-refractivity contribution in [1.29, 1.82) is 0 Å². The molecule has 0 bridgehead atoms. The molecule has 20 heavy (non-hydrogen) atoms. The summed E-state index contributed by atoms with van der Waals surface area (Å²) in [5.41, 5.74) is -0.221. The highest BCUT2D eigenvalue weighted by atomic mass is 19.1. The van der Waals surface area contributed by atoms with Crippen molar-refractivity contribution in [3.05, 3.63) is 29.3 Å². The highest BCUT2D eigenvalue weighted by Crippen LogP contribution is 2.20. The minimum atomic E-state index is -0.766. The van der Waals surface area contributed by atoms with Crippen LogP contribution in [-0.2, 0) is 0 Å². The van der Waals surface area contributed by atoms with Crippen LogP contribution in [-0.4, -0.2) is 19.5 Å². The van der Waals surface area contributed by atoms with Crippen molar-refractivity contribution in [2.75, 3.05) is 18.9 Å². The monoisotopic (exact) mass is 284 g/mol. The molecule has 112 valence electrons. The highest BCUT2D eigenvalue weighted by Gasteiger charge is 2.13. The van der Waals surface area contributed by atoms with Crippen LogP contribution in [0.3, 0.4) is 0 Å². The second-order valence-electron chi connectivity index (χ2n) is 5.21. The molecule has 2 N–H and O–H groups in total. The Balaban J connectivity index is 2.52.